The number of imide groups is 1. The number of carbonyl (C=O) groups excluding carboxylic acids is 4. The second-order valence-electron chi connectivity index (χ2n) is 7.79. The van der Waals surface area contributed by atoms with Gasteiger partial charge in [0.2, 0.25) is 5.78 Å². The lowest BCUT2D eigenvalue weighted by molar-refractivity contribution is 0.0274. The van der Waals surface area contributed by atoms with Crippen molar-refractivity contribution in [2.45, 2.75) is 19.4 Å². The van der Waals surface area contributed by atoms with Crippen LogP contribution in [-0.4, -0.2) is 36.8 Å². The van der Waals surface area contributed by atoms with Gasteiger partial charge in [0.1, 0.15) is 11.3 Å². The van der Waals surface area contributed by atoms with Crippen LogP contribution in [0.5, 0.6) is 5.75 Å². The third-order valence-electron chi connectivity index (χ3n) is 5.63. The summed E-state index contributed by atoms with van der Waals surface area (Å²) in [4.78, 5) is 52.7. The van der Waals surface area contributed by atoms with E-state index >= 15 is 0 Å². The summed E-state index contributed by atoms with van der Waals surface area (Å²) in [6, 6.07) is 13.6. The Bertz CT molecular complexity index is 1370. The first-order valence-electron chi connectivity index (χ1n) is 10.7. The second-order valence-corrected chi connectivity index (χ2v) is 9.02. The van der Waals surface area contributed by atoms with E-state index in [1.165, 1.54) is 31.4 Å². The first-order chi connectivity index (χ1) is 17.2. The molecule has 7 nitrogen and oxygen atoms in total. The van der Waals surface area contributed by atoms with Gasteiger partial charge in [0.25, 0.3) is 11.8 Å². The first kappa shape index (κ1) is 25.7. The number of anilines is 1. The maximum atomic E-state index is 13.0. The number of rotatable bonds is 7. The number of benzene rings is 3. The number of ketones is 1. The van der Waals surface area contributed by atoms with E-state index in [2.05, 4.69) is 0 Å². The van der Waals surface area contributed by atoms with Crippen molar-refractivity contribution < 1.29 is 28.7 Å². The Labute approximate surface area is 221 Å². The molecule has 36 heavy (non-hydrogen) atoms. The van der Waals surface area contributed by atoms with Gasteiger partial charge < -0.3 is 9.47 Å². The smallest absolute Gasteiger partial charge is 0.342 e. The van der Waals surface area contributed by atoms with Crippen molar-refractivity contribution >= 4 is 64.1 Å². The van der Waals surface area contributed by atoms with Crippen molar-refractivity contribution in [2.24, 2.45) is 0 Å². The number of hydrogen-bond donors (Lipinski definition) is 0. The molecule has 0 aliphatic carbocycles. The lowest BCUT2D eigenvalue weighted by Crippen LogP contribution is -2.30. The zero-order valence-electron chi connectivity index (χ0n) is 19.0. The molecular weight excluding hydrogens is 529 g/mol. The summed E-state index contributed by atoms with van der Waals surface area (Å²) in [6.07, 6.45) is -0.790. The van der Waals surface area contributed by atoms with E-state index in [9.17, 15) is 19.2 Å². The van der Waals surface area contributed by atoms with Crippen molar-refractivity contribution in [2.75, 3.05) is 12.0 Å². The summed E-state index contributed by atoms with van der Waals surface area (Å²) >= 11 is 18.4. The molecule has 3 aromatic rings. The van der Waals surface area contributed by atoms with Gasteiger partial charge in [0.15, 0.2) is 6.10 Å². The molecule has 3 aromatic carbocycles. The number of halogens is 3. The van der Waals surface area contributed by atoms with Gasteiger partial charge in [-0.2, -0.15) is 0 Å². The number of nitrogens with zero attached hydrogens (tertiary/aromatic N) is 1. The fraction of sp³-hybridized carbons (Fsp3) is 0.154. The maximum Gasteiger partial charge on any atom is 0.342 e. The average molecular weight is 547 g/mol. The van der Waals surface area contributed by atoms with Gasteiger partial charge in [-0.1, -0.05) is 72.1 Å². The molecule has 0 unspecified atom stereocenters. The number of carbonyl (C=O) groups is 4. The van der Waals surface area contributed by atoms with E-state index in [0.29, 0.717) is 5.56 Å². The fourth-order valence-corrected chi connectivity index (χ4v) is 4.37. The summed E-state index contributed by atoms with van der Waals surface area (Å²) in [5, 5.41) is 0.156. The molecule has 1 atom stereocenters. The van der Waals surface area contributed by atoms with Gasteiger partial charge in [-0.25, -0.2) is 9.69 Å². The van der Waals surface area contributed by atoms with Crippen LogP contribution < -0.4 is 9.64 Å². The van der Waals surface area contributed by atoms with Crippen LogP contribution in [-0.2, 0) is 4.74 Å². The van der Waals surface area contributed by atoms with Gasteiger partial charge in [-0.3, -0.25) is 14.4 Å². The van der Waals surface area contributed by atoms with Crippen LogP contribution in [0, 0.1) is 0 Å². The number of amides is 2. The van der Waals surface area contributed by atoms with E-state index in [1.807, 2.05) is 0 Å². The standard InChI is InChI=1S/C26H18Cl3NO6/c1-3-21(23(31)13-7-5-4-6-8-13)36-26(34)16-11-19(29)20(12-22(16)35-2)30-24(32)14-9-17(27)18(28)10-15(14)25(30)33/h4-12,21H,3H2,1-2H3/t21-/m1/s1. The van der Waals surface area contributed by atoms with Gasteiger partial charge in [-0.05, 0) is 24.6 Å². The molecule has 0 fully saturated rings. The van der Waals surface area contributed by atoms with E-state index in [1.54, 1.807) is 37.3 Å². The summed E-state index contributed by atoms with van der Waals surface area (Å²) in [6.45, 7) is 1.72. The molecule has 0 N–H and O–H groups in total. The average Bonchev–Trinajstić information content (AvgIpc) is 3.11. The zero-order chi connectivity index (χ0) is 26.1. The molecule has 10 heteroatoms. The van der Waals surface area contributed by atoms with E-state index in [-0.39, 0.29) is 55.4 Å². The van der Waals surface area contributed by atoms with Gasteiger partial charge in [-0.15, -0.1) is 0 Å². The lowest BCUT2D eigenvalue weighted by Gasteiger charge is -2.20. The largest absolute Gasteiger partial charge is 0.496 e. The zero-order valence-corrected chi connectivity index (χ0v) is 21.3. The fourth-order valence-electron chi connectivity index (χ4n) is 3.80. The van der Waals surface area contributed by atoms with E-state index < -0.39 is 23.9 Å². The Morgan fingerprint density at radius 2 is 1.47 bits per heavy atom. The highest BCUT2D eigenvalue weighted by molar-refractivity contribution is 6.45. The Balaban J connectivity index is 1.65. The summed E-state index contributed by atoms with van der Waals surface area (Å²) in [7, 11) is 1.30. The van der Waals surface area contributed by atoms with Crippen LogP contribution in [0.2, 0.25) is 15.1 Å². The van der Waals surface area contributed by atoms with E-state index in [4.69, 9.17) is 44.3 Å². The quantitative estimate of drug-likeness (QED) is 0.197. The molecule has 2 amide bonds. The summed E-state index contributed by atoms with van der Waals surface area (Å²) < 4.78 is 10.8. The monoisotopic (exact) mass is 545 g/mol. The molecule has 0 aromatic heterocycles. The van der Waals surface area contributed by atoms with Crippen molar-refractivity contribution in [1.29, 1.82) is 0 Å². The summed E-state index contributed by atoms with van der Waals surface area (Å²) in [5.74, 6) is -2.53. The Hall–Kier alpha value is -3.39. The third kappa shape index (κ3) is 4.57. The normalized spacial score (nSPS) is 13.4. The molecule has 0 saturated carbocycles. The molecule has 1 aliphatic heterocycles. The van der Waals surface area contributed by atoms with Crippen LogP contribution in [0.1, 0.15) is 54.8 Å². The topological polar surface area (TPSA) is 90.0 Å². The number of Topliss-reactive ketones (excluding diaryl/α,β-unsaturated/α-hetero) is 1. The number of fused-ring (bicyclic) bond motifs is 1. The minimum Gasteiger partial charge on any atom is -0.496 e. The van der Waals surface area contributed by atoms with Crippen LogP contribution >= 0.6 is 34.8 Å². The predicted octanol–water partition coefficient (Wildman–Crippen LogP) is 6.27. The number of ether oxygens (including phenoxy) is 2. The predicted molar refractivity (Wildman–Crippen MR) is 136 cm³/mol. The highest BCUT2D eigenvalue weighted by Gasteiger charge is 2.39. The molecular formula is C26H18Cl3NO6. The number of methoxy groups -OCH3 is 1. The van der Waals surface area contributed by atoms with Crippen molar-refractivity contribution in [3.8, 4) is 5.75 Å². The molecule has 0 radical (unpaired) electrons. The van der Waals surface area contributed by atoms with Crippen LogP contribution in [0.25, 0.3) is 0 Å². The maximum absolute atomic E-state index is 13.0. The Kier molecular flexibility index (Phi) is 7.36. The molecule has 1 aliphatic rings. The molecule has 0 saturated heterocycles. The molecule has 0 bridgehead atoms. The second kappa shape index (κ2) is 10.3. The van der Waals surface area contributed by atoms with Gasteiger partial charge in [0.05, 0.1) is 39.0 Å². The van der Waals surface area contributed by atoms with Crippen LogP contribution in [0.15, 0.2) is 54.6 Å². The number of hydrogen-bond acceptors (Lipinski definition) is 6. The van der Waals surface area contributed by atoms with Crippen LogP contribution in [0.4, 0.5) is 5.69 Å². The van der Waals surface area contributed by atoms with Gasteiger partial charge in [0, 0.05) is 11.6 Å². The summed E-state index contributed by atoms with van der Waals surface area (Å²) in [5.41, 5.74) is 0.462. The highest BCUT2D eigenvalue weighted by atomic mass is 35.5. The van der Waals surface area contributed by atoms with E-state index in [0.717, 1.165) is 4.90 Å². The van der Waals surface area contributed by atoms with Crippen molar-refractivity contribution in [1.82, 2.24) is 0 Å². The molecule has 1 heterocycles. The highest BCUT2D eigenvalue weighted by Crippen LogP contribution is 2.39. The Morgan fingerprint density at radius 1 is 0.889 bits per heavy atom. The van der Waals surface area contributed by atoms with Crippen molar-refractivity contribution in [3.05, 3.63) is 91.9 Å². The van der Waals surface area contributed by atoms with Crippen molar-refractivity contribution in [3.63, 3.8) is 0 Å². The first-order valence-corrected chi connectivity index (χ1v) is 11.9. The SMILES string of the molecule is CC[C@@H](OC(=O)c1cc(Cl)c(N2C(=O)c3cc(Cl)c(Cl)cc3C2=O)cc1OC)C(=O)c1ccccc1. The minimum atomic E-state index is -1.03. The Morgan fingerprint density at radius 3 is 2.00 bits per heavy atom. The lowest BCUT2D eigenvalue weighted by atomic mass is 10.0. The van der Waals surface area contributed by atoms with Crippen LogP contribution in [0.3, 0.4) is 0 Å². The van der Waals surface area contributed by atoms with Gasteiger partial charge >= 0.3 is 5.97 Å². The molecule has 184 valence electrons. The third-order valence-corrected chi connectivity index (χ3v) is 6.65. The molecule has 4 rings (SSSR count). The molecule has 0 spiro atoms. The minimum absolute atomic E-state index is 0.00378. The number of esters is 1.